The van der Waals surface area contributed by atoms with E-state index in [0.29, 0.717) is 21.6 Å². The van der Waals surface area contributed by atoms with Gasteiger partial charge in [-0.2, -0.15) is 0 Å². The molecule has 0 aromatic heterocycles. The van der Waals surface area contributed by atoms with E-state index < -0.39 is 0 Å². The molecule has 0 radical (unpaired) electrons. The normalized spacial score (nSPS) is 16.5. The number of hydrogen-bond donors (Lipinski definition) is 1. The highest BCUT2D eigenvalue weighted by Crippen LogP contribution is 2.34. The second-order valence-corrected chi connectivity index (χ2v) is 6.77. The number of aryl methyl sites for hydroxylation is 1. The minimum Gasteiger partial charge on any atom is -0.497 e. The van der Waals surface area contributed by atoms with E-state index in [2.05, 4.69) is 10.3 Å². The third-order valence-corrected chi connectivity index (χ3v) is 4.92. The van der Waals surface area contributed by atoms with E-state index in [1.807, 2.05) is 49.4 Å². The zero-order chi connectivity index (χ0) is 19.4. The summed E-state index contributed by atoms with van der Waals surface area (Å²) in [4.78, 5) is 17.3. The van der Waals surface area contributed by atoms with Gasteiger partial charge in [0.15, 0.2) is 16.7 Å². The minimum absolute atomic E-state index is 0.179. The average molecular weight is 384 g/mol. The van der Waals surface area contributed by atoms with Gasteiger partial charge in [0.2, 0.25) is 0 Å². The fourth-order valence-corrected chi connectivity index (χ4v) is 3.38. The number of carbonyl (C=O) groups is 1. The number of hydrogen-bond acceptors (Lipinski definition) is 6. The molecule has 0 unspecified atom stereocenters. The summed E-state index contributed by atoms with van der Waals surface area (Å²) in [5, 5.41) is 3.33. The summed E-state index contributed by atoms with van der Waals surface area (Å²) in [5.74, 6) is 1.85. The summed E-state index contributed by atoms with van der Waals surface area (Å²) in [5.41, 5.74) is 2.60. The van der Waals surface area contributed by atoms with Crippen molar-refractivity contribution in [3.05, 3.63) is 52.4 Å². The van der Waals surface area contributed by atoms with Crippen molar-refractivity contribution in [3.63, 3.8) is 0 Å². The molecular formula is C20H20N2O4S. The number of aliphatic imine (C=N–C) groups is 1. The molecule has 7 heteroatoms. The zero-order valence-electron chi connectivity index (χ0n) is 15.5. The van der Waals surface area contributed by atoms with E-state index in [0.717, 1.165) is 22.6 Å². The van der Waals surface area contributed by atoms with E-state index in [9.17, 15) is 4.79 Å². The molecule has 1 amide bonds. The van der Waals surface area contributed by atoms with Gasteiger partial charge < -0.3 is 19.5 Å². The molecular weight excluding hydrogens is 364 g/mol. The molecule has 1 aliphatic rings. The van der Waals surface area contributed by atoms with Gasteiger partial charge in [0.1, 0.15) is 5.75 Å². The average Bonchev–Trinajstić information content (AvgIpc) is 3.02. The van der Waals surface area contributed by atoms with Crippen molar-refractivity contribution in [1.82, 2.24) is 5.32 Å². The first-order chi connectivity index (χ1) is 13.0. The number of amidine groups is 1. The van der Waals surface area contributed by atoms with Crippen LogP contribution in [0.4, 0.5) is 5.69 Å². The maximum Gasteiger partial charge on any atom is 0.264 e. The number of benzene rings is 2. The summed E-state index contributed by atoms with van der Waals surface area (Å²) in [6.07, 6.45) is 1.83. The van der Waals surface area contributed by atoms with Crippen molar-refractivity contribution in [2.24, 2.45) is 4.99 Å². The van der Waals surface area contributed by atoms with Crippen LogP contribution >= 0.6 is 11.8 Å². The lowest BCUT2D eigenvalue weighted by molar-refractivity contribution is -0.115. The molecule has 3 rings (SSSR count). The smallest absolute Gasteiger partial charge is 0.264 e. The van der Waals surface area contributed by atoms with Gasteiger partial charge in [-0.15, -0.1) is 0 Å². The third kappa shape index (κ3) is 4.25. The summed E-state index contributed by atoms with van der Waals surface area (Å²) in [7, 11) is 4.79. The van der Waals surface area contributed by atoms with Crippen LogP contribution in [0.15, 0.2) is 46.3 Å². The summed E-state index contributed by atoms with van der Waals surface area (Å²) >= 11 is 1.30. The van der Waals surface area contributed by atoms with Crippen LogP contribution in [-0.2, 0) is 4.79 Å². The number of ether oxygens (including phenoxy) is 3. The number of amides is 1. The van der Waals surface area contributed by atoms with Crippen LogP contribution in [0.5, 0.6) is 17.2 Å². The van der Waals surface area contributed by atoms with E-state index in [1.165, 1.54) is 11.8 Å². The number of carbonyl (C=O) groups excluding carboxylic acids is 1. The topological polar surface area (TPSA) is 69.2 Å². The second kappa shape index (κ2) is 8.18. The molecule has 27 heavy (non-hydrogen) atoms. The number of thioether (sulfide) groups is 1. The van der Waals surface area contributed by atoms with Gasteiger partial charge in [0.05, 0.1) is 31.9 Å². The van der Waals surface area contributed by atoms with E-state index in [1.54, 1.807) is 21.3 Å². The quantitative estimate of drug-likeness (QED) is 0.792. The lowest BCUT2D eigenvalue weighted by atomic mass is 10.1. The van der Waals surface area contributed by atoms with Gasteiger partial charge in [-0.3, -0.25) is 4.79 Å². The first-order valence-electron chi connectivity index (χ1n) is 8.20. The highest BCUT2D eigenvalue weighted by Gasteiger charge is 2.24. The summed E-state index contributed by atoms with van der Waals surface area (Å²) < 4.78 is 15.8. The van der Waals surface area contributed by atoms with Crippen LogP contribution in [0, 0.1) is 6.92 Å². The Hall–Kier alpha value is -2.93. The van der Waals surface area contributed by atoms with Crippen LogP contribution in [0.2, 0.25) is 0 Å². The highest BCUT2D eigenvalue weighted by atomic mass is 32.2. The molecule has 0 spiro atoms. The molecule has 1 saturated heterocycles. The molecule has 1 heterocycles. The maximum absolute atomic E-state index is 12.3. The van der Waals surface area contributed by atoms with Crippen molar-refractivity contribution in [2.75, 3.05) is 21.3 Å². The first-order valence-corrected chi connectivity index (χ1v) is 9.02. The van der Waals surface area contributed by atoms with Crippen molar-refractivity contribution >= 4 is 34.6 Å². The zero-order valence-corrected chi connectivity index (χ0v) is 16.3. The third-order valence-electron chi connectivity index (χ3n) is 4.01. The van der Waals surface area contributed by atoms with E-state index in [4.69, 9.17) is 14.2 Å². The largest absolute Gasteiger partial charge is 0.497 e. The second-order valence-electron chi connectivity index (χ2n) is 5.74. The molecule has 6 nitrogen and oxygen atoms in total. The molecule has 140 valence electrons. The Morgan fingerprint density at radius 1 is 1.00 bits per heavy atom. The van der Waals surface area contributed by atoms with Gasteiger partial charge in [0.25, 0.3) is 5.91 Å². The molecule has 0 atom stereocenters. The van der Waals surface area contributed by atoms with Crippen LogP contribution in [-0.4, -0.2) is 32.4 Å². The van der Waals surface area contributed by atoms with Crippen LogP contribution in [0.3, 0.4) is 0 Å². The lowest BCUT2D eigenvalue weighted by Crippen LogP contribution is -2.19. The highest BCUT2D eigenvalue weighted by molar-refractivity contribution is 8.18. The molecule has 1 fully saturated rings. The standard InChI is InChI=1S/C20H20N2O4S/c1-12-9-16(25-3)17(26-4)10-13(12)11-18-19(23)22-20(27-18)21-14-5-7-15(24-2)8-6-14/h5-11H,1-4H3,(H,21,22,23)/b18-11-. The van der Waals surface area contributed by atoms with Crippen molar-refractivity contribution in [3.8, 4) is 17.2 Å². The Bertz CT molecular complexity index is 920. The predicted molar refractivity (Wildman–Crippen MR) is 108 cm³/mol. The molecule has 0 bridgehead atoms. The van der Waals surface area contributed by atoms with Crippen LogP contribution < -0.4 is 19.5 Å². The fraction of sp³-hybridized carbons (Fsp3) is 0.200. The van der Waals surface area contributed by atoms with Gasteiger partial charge in [-0.25, -0.2) is 4.99 Å². The van der Waals surface area contributed by atoms with Crippen LogP contribution in [0.25, 0.3) is 6.08 Å². The Kier molecular flexibility index (Phi) is 5.71. The monoisotopic (exact) mass is 384 g/mol. The van der Waals surface area contributed by atoms with Crippen molar-refractivity contribution in [1.29, 1.82) is 0 Å². The van der Waals surface area contributed by atoms with E-state index in [-0.39, 0.29) is 5.91 Å². The molecule has 2 aromatic rings. The molecule has 0 aliphatic carbocycles. The van der Waals surface area contributed by atoms with E-state index >= 15 is 0 Å². The lowest BCUT2D eigenvalue weighted by Gasteiger charge is -2.10. The van der Waals surface area contributed by atoms with Gasteiger partial charge >= 0.3 is 0 Å². The number of nitrogens with zero attached hydrogens (tertiary/aromatic N) is 1. The number of rotatable bonds is 5. The molecule has 2 aromatic carbocycles. The predicted octanol–water partition coefficient (Wildman–Crippen LogP) is 3.91. The SMILES string of the molecule is COc1ccc(N=C2NC(=O)/C(=C/c3cc(OC)c(OC)cc3C)S2)cc1. The first kappa shape index (κ1) is 18.8. The Morgan fingerprint density at radius 2 is 1.67 bits per heavy atom. The maximum atomic E-state index is 12.3. The number of methoxy groups -OCH3 is 3. The van der Waals surface area contributed by atoms with Crippen molar-refractivity contribution < 1.29 is 19.0 Å². The van der Waals surface area contributed by atoms with Crippen LogP contribution in [0.1, 0.15) is 11.1 Å². The summed E-state index contributed by atoms with van der Waals surface area (Å²) in [6.45, 7) is 1.96. The van der Waals surface area contributed by atoms with Gasteiger partial charge in [-0.1, -0.05) is 0 Å². The number of nitrogens with one attached hydrogen (secondary N) is 1. The minimum atomic E-state index is -0.179. The van der Waals surface area contributed by atoms with Crippen molar-refractivity contribution in [2.45, 2.75) is 6.92 Å². The molecule has 1 N–H and O–H groups in total. The Balaban J connectivity index is 1.85. The Labute approximate surface area is 162 Å². The Morgan fingerprint density at radius 3 is 2.30 bits per heavy atom. The fourth-order valence-electron chi connectivity index (χ4n) is 2.55. The molecule has 0 saturated carbocycles. The molecule has 1 aliphatic heterocycles. The summed E-state index contributed by atoms with van der Waals surface area (Å²) in [6, 6.07) is 11.1. The van der Waals surface area contributed by atoms with Gasteiger partial charge in [0, 0.05) is 0 Å². The van der Waals surface area contributed by atoms with Gasteiger partial charge in [-0.05, 0) is 72.3 Å².